The molecule has 2 nitrogen and oxygen atoms in total. The highest BCUT2D eigenvalue weighted by Crippen LogP contribution is 2.40. The minimum absolute atomic E-state index is 0.375. The summed E-state index contributed by atoms with van der Waals surface area (Å²) in [7, 11) is 0. The van der Waals surface area contributed by atoms with Gasteiger partial charge in [0.05, 0.1) is 10.7 Å². The lowest BCUT2D eigenvalue weighted by Crippen LogP contribution is -2.55. The SMILES string of the molecule is Cc1cccc(N2C3CCCC2CC(N)C3)c1Cl. The second kappa shape index (κ2) is 4.75. The third-order valence-corrected chi connectivity index (χ3v) is 4.95. The standard InChI is InChI=1S/C15H21ClN2/c1-10-4-2-7-14(15(10)16)18-12-5-3-6-13(18)9-11(17)8-12/h2,4,7,11-13H,3,5-6,8-9,17H2,1H3. The first kappa shape index (κ1) is 12.3. The Kier molecular flexibility index (Phi) is 3.25. The van der Waals surface area contributed by atoms with E-state index in [0.29, 0.717) is 18.1 Å². The second-order valence-electron chi connectivity index (χ2n) is 5.79. The molecule has 2 unspecified atom stereocenters. The Bertz CT molecular complexity index is 432. The zero-order valence-corrected chi connectivity index (χ0v) is 11.7. The molecule has 2 bridgehead atoms. The summed E-state index contributed by atoms with van der Waals surface area (Å²) in [6.45, 7) is 2.08. The lowest BCUT2D eigenvalue weighted by atomic mass is 9.81. The minimum atomic E-state index is 0.375. The Labute approximate surface area is 114 Å². The molecule has 2 atom stereocenters. The van der Waals surface area contributed by atoms with E-state index < -0.39 is 0 Å². The van der Waals surface area contributed by atoms with E-state index >= 15 is 0 Å². The number of benzene rings is 1. The van der Waals surface area contributed by atoms with E-state index in [-0.39, 0.29) is 0 Å². The van der Waals surface area contributed by atoms with Gasteiger partial charge in [0.1, 0.15) is 0 Å². The third-order valence-electron chi connectivity index (χ3n) is 4.46. The monoisotopic (exact) mass is 264 g/mol. The molecule has 3 heteroatoms. The number of nitrogens with two attached hydrogens (primary N) is 1. The number of halogens is 1. The fourth-order valence-electron chi connectivity index (χ4n) is 3.65. The van der Waals surface area contributed by atoms with Crippen molar-refractivity contribution in [1.29, 1.82) is 0 Å². The number of hydrogen-bond donors (Lipinski definition) is 1. The van der Waals surface area contributed by atoms with Crippen molar-refractivity contribution in [3.05, 3.63) is 28.8 Å². The van der Waals surface area contributed by atoms with Gasteiger partial charge >= 0.3 is 0 Å². The van der Waals surface area contributed by atoms with Gasteiger partial charge in [0.15, 0.2) is 0 Å². The maximum absolute atomic E-state index is 6.50. The van der Waals surface area contributed by atoms with Crippen LogP contribution in [0.5, 0.6) is 0 Å². The number of anilines is 1. The van der Waals surface area contributed by atoms with Crippen molar-refractivity contribution in [3.8, 4) is 0 Å². The molecule has 2 saturated heterocycles. The molecule has 0 saturated carbocycles. The zero-order chi connectivity index (χ0) is 12.7. The molecule has 2 aliphatic rings. The predicted molar refractivity (Wildman–Crippen MR) is 77.3 cm³/mol. The Balaban J connectivity index is 1.98. The van der Waals surface area contributed by atoms with Gasteiger partial charge < -0.3 is 10.6 Å². The first-order valence-electron chi connectivity index (χ1n) is 6.96. The van der Waals surface area contributed by atoms with Gasteiger partial charge in [-0.1, -0.05) is 23.7 Å². The number of nitrogens with zero attached hydrogens (tertiary/aromatic N) is 1. The summed E-state index contributed by atoms with van der Waals surface area (Å²) in [5.74, 6) is 0. The Morgan fingerprint density at radius 3 is 2.56 bits per heavy atom. The smallest absolute Gasteiger partial charge is 0.0668 e. The summed E-state index contributed by atoms with van der Waals surface area (Å²) in [6.07, 6.45) is 6.08. The number of aryl methyl sites for hydroxylation is 1. The topological polar surface area (TPSA) is 29.3 Å². The molecule has 1 aromatic rings. The van der Waals surface area contributed by atoms with Crippen molar-refractivity contribution in [1.82, 2.24) is 0 Å². The molecule has 3 rings (SSSR count). The summed E-state index contributed by atoms with van der Waals surface area (Å²) in [5.41, 5.74) is 8.56. The largest absolute Gasteiger partial charge is 0.364 e. The van der Waals surface area contributed by atoms with Crippen molar-refractivity contribution in [2.45, 2.75) is 57.2 Å². The number of rotatable bonds is 1. The van der Waals surface area contributed by atoms with Crippen LogP contribution in [-0.4, -0.2) is 18.1 Å². The molecule has 2 N–H and O–H groups in total. The van der Waals surface area contributed by atoms with Gasteiger partial charge in [-0.05, 0) is 50.7 Å². The molecular formula is C15H21ClN2. The van der Waals surface area contributed by atoms with E-state index in [4.69, 9.17) is 17.3 Å². The van der Waals surface area contributed by atoms with Gasteiger partial charge in [0.25, 0.3) is 0 Å². The van der Waals surface area contributed by atoms with E-state index in [1.807, 2.05) is 0 Å². The van der Waals surface area contributed by atoms with Crippen LogP contribution in [0.3, 0.4) is 0 Å². The molecule has 2 aliphatic heterocycles. The summed E-state index contributed by atoms with van der Waals surface area (Å²) in [4.78, 5) is 2.56. The molecule has 18 heavy (non-hydrogen) atoms. The molecule has 0 aliphatic carbocycles. The quantitative estimate of drug-likeness (QED) is 0.841. The number of fused-ring (bicyclic) bond motifs is 2. The highest BCUT2D eigenvalue weighted by molar-refractivity contribution is 6.34. The third kappa shape index (κ3) is 2.02. The van der Waals surface area contributed by atoms with Crippen LogP contribution in [0.25, 0.3) is 0 Å². The van der Waals surface area contributed by atoms with Crippen LogP contribution in [0.2, 0.25) is 5.02 Å². The van der Waals surface area contributed by atoms with Crippen LogP contribution in [0, 0.1) is 6.92 Å². The number of hydrogen-bond acceptors (Lipinski definition) is 2. The average Bonchev–Trinajstić information content (AvgIpc) is 2.32. The van der Waals surface area contributed by atoms with Gasteiger partial charge in [-0.2, -0.15) is 0 Å². The molecule has 98 valence electrons. The van der Waals surface area contributed by atoms with Crippen LogP contribution in [0.1, 0.15) is 37.7 Å². The van der Waals surface area contributed by atoms with Crippen LogP contribution < -0.4 is 10.6 Å². The average molecular weight is 265 g/mol. The molecule has 0 aromatic heterocycles. The fourth-order valence-corrected chi connectivity index (χ4v) is 3.87. The van der Waals surface area contributed by atoms with Crippen LogP contribution in [0.15, 0.2) is 18.2 Å². The summed E-state index contributed by atoms with van der Waals surface area (Å²) in [6, 6.07) is 7.91. The van der Waals surface area contributed by atoms with E-state index in [9.17, 15) is 0 Å². The van der Waals surface area contributed by atoms with Crippen molar-refractivity contribution in [2.75, 3.05) is 4.90 Å². The Morgan fingerprint density at radius 1 is 1.22 bits per heavy atom. The minimum Gasteiger partial charge on any atom is -0.364 e. The fraction of sp³-hybridized carbons (Fsp3) is 0.600. The Hall–Kier alpha value is -0.730. The molecular weight excluding hydrogens is 244 g/mol. The van der Waals surface area contributed by atoms with Gasteiger partial charge in [-0.25, -0.2) is 0 Å². The number of piperidine rings is 2. The van der Waals surface area contributed by atoms with E-state index in [1.54, 1.807) is 0 Å². The molecule has 1 aromatic carbocycles. The van der Waals surface area contributed by atoms with Gasteiger partial charge in [-0.3, -0.25) is 0 Å². The summed E-state index contributed by atoms with van der Waals surface area (Å²) < 4.78 is 0. The van der Waals surface area contributed by atoms with Crippen molar-refractivity contribution >= 4 is 17.3 Å². The normalized spacial score (nSPS) is 31.5. The molecule has 0 spiro atoms. The van der Waals surface area contributed by atoms with Gasteiger partial charge in [0.2, 0.25) is 0 Å². The van der Waals surface area contributed by atoms with Gasteiger partial charge in [-0.15, -0.1) is 0 Å². The van der Waals surface area contributed by atoms with Crippen molar-refractivity contribution < 1.29 is 0 Å². The maximum atomic E-state index is 6.50. The second-order valence-corrected chi connectivity index (χ2v) is 6.16. The van der Waals surface area contributed by atoms with Crippen molar-refractivity contribution in [2.24, 2.45) is 5.73 Å². The molecule has 2 fully saturated rings. The van der Waals surface area contributed by atoms with Crippen LogP contribution in [0.4, 0.5) is 5.69 Å². The highest BCUT2D eigenvalue weighted by Gasteiger charge is 2.37. The maximum Gasteiger partial charge on any atom is 0.0668 e. The van der Waals surface area contributed by atoms with Crippen LogP contribution >= 0.6 is 11.6 Å². The van der Waals surface area contributed by atoms with Crippen LogP contribution in [-0.2, 0) is 0 Å². The van der Waals surface area contributed by atoms with Crippen molar-refractivity contribution in [3.63, 3.8) is 0 Å². The molecule has 0 radical (unpaired) electrons. The van der Waals surface area contributed by atoms with E-state index in [0.717, 1.165) is 17.9 Å². The summed E-state index contributed by atoms with van der Waals surface area (Å²) in [5, 5.41) is 0.921. The Morgan fingerprint density at radius 2 is 1.89 bits per heavy atom. The zero-order valence-electron chi connectivity index (χ0n) is 10.9. The first-order chi connectivity index (χ1) is 8.66. The molecule has 2 heterocycles. The first-order valence-corrected chi connectivity index (χ1v) is 7.33. The molecule has 0 amide bonds. The lowest BCUT2D eigenvalue weighted by molar-refractivity contribution is 0.271. The van der Waals surface area contributed by atoms with E-state index in [1.165, 1.54) is 30.5 Å². The highest BCUT2D eigenvalue weighted by atomic mass is 35.5. The van der Waals surface area contributed by atoms with Gasteiger partial charge in [0, 0.05) is 18.1 Å². The predicted octanol–water partition coefficient (Wildman–Crippen LogP) is 3.50. The lowest BCUT2D eigenvalue weighted by Gasteiger charge is -2.50. The summed E-state index contributed by atoms with van der Waals surface area (Å²) >= 11 is 6.50. The van der Waals surface area contributed by atoms with E-state index in [2.05, 4.69) is 30.0 Å².